The zero-order valence-corrected chi connectivity index (χ0v) is 26.8. The van der Waals surface area contributed by atoms with Crippen LogP contribution in [-0.4, -0.2) is 43.8 Å². The van der Waals surface area contributed by atoms with E-state index in [0.29, 0.717) is 0 Å². The zero-order chi connectivity index (χ0) is 32.5. The highest BCUT2D eigenvalue weighted by Crippen LogP contribution is 2.26. The largest absolute Gasteiger partial charge is 0.352 e. The van der Waals surface area contributed by atoms with E-state index in [4.69, 9.17) is 0 Å². The number of anilines is 1. The maximum absolute atomic E-state index is 14.6. The Bertz CT molecular complexity index is 1710. The second-order valence-electron chi connectivity index (χ2n) is 11.9. The summed E-state index contributed by atoms with van der Waals surface area (Å²) in [5.74, 6) is -1.35. The van der Waals surface area contributed by atoms with Crippen molar-refractivity contribution in [2.45, 2.75) is 69.0 Å². The molecule has 7 nitrogen and oxygen atoms in total. The average Bonchev–Trinajstić information content (AvgIpc) is 3.07. The minimum Gasteiger partial charge on any atom is -0.352 e. The molecule has 1 N–H and O–H groups in total. The third kappa shape index (κ3) is 8.40. The second-order valence-corrected chi connectivity index (χ2v) is 13.7. The summed E-state index contributed by atoms with van der Waals surface area (Å²) in [6.07, 6.45) is 5.20. The van der Waals surface area contributed by atoms with Crippen molar-refractivity contribution in [2.75, 3.05) is 10.8 Å². The number of carbonyl (C=O) groups is 2. The van der Waals surface area contributed by atoms with Gasteiger partial charge in [-0.25, -0.2) is 12.8 Å². The van der Waals surface area contributed by atoms with Gasteiger partial charge in [0.05, 0.1) is 10.6 Å². The molecule has 240 valence electrons. The number of nitrogens with one attached hydrogen (secondary N) is 1. The van der Waals surface area contributed by atoms with Crippen LogP contribution < -0.4 is 9.62 Å². The van der Waals surface area contributed by atoms with Crippen molar-refractivity contribution in [3.8, 4) is 0 Å². The van der Waals surface area contributed by atoms with E-state index in [1.807, 2.05) is 61.5 Å². The molecule has 1 saturated carbocycles. The van der Waals surface area contributed by atoms with Crippen molar-refractivity contribution in [3.05, 3.63) is 132 Å². The first-order chi connectivity index (χ1) is 22.2. The molecule has 0 spiro atoms. The van der Waals surface area contributed by atoms with Crippen molar-refractivity contribution >= 4 is 27.5 Å². The average molecular weight is 642 g/mol. The molecule has 1 aliphatic rings. The second kappa shape index (κ2) is 15.2. The van der Waals surface area contributed by atoms with Gasteiger partial charge in [0, 0.05) is 19.0 Å². The van der Waals surface area contributed by atoms with E-state index in [2.05, 4.69) is 5.32 Å². The number of benzene rings is 4. The molecule has 4 aromatic carbocycles. The molecule has 4 aromatic rings. The Morgan fingerprint density at radius 2 is 1.46 bits per heavy atom. The van der Waals surface area contributed by atoms with Crippen LogP contribution in [0.1, 0.15) is 48.8 Å². The summed E-state index contributed by atoms with van der Waals surface area (Å²) in [6, 6.07) is 29.1. The van der Waals surface area contributed by atoms with Crippen LogP contribution in [0.3, 0.4) is 0 Å². The number of nitrogens with zero attached hydrogens (tertiary/aromatic N) is 2. The topological polar surface area (TPSA) is 86.8 Å². The number of hydrogen-bond donors (Lipinski definition) is 1. The Morgan fingerprint density at radius 1 is 0.826 bits per heavy atom. The molecule has 0 heterocycles. The van der Waals surface area contributed by atoms with Gasteiger partial charge in [0.1, 0.15) is 18.4 Å². The predicted molar refractivity (Wildman–Crippen MR) is 178 cm³/mol. The molecular formula is C37H40FN3O4S. The van der Waals surface area contributed by atoms with Crippen LogP contribution in [0, 0.1) is 12.7 Å². The minimum absolute atomic E-state index is 0.00626. The van der Waals surface area contributed by atoms with Crippen LogP contribution in [0.15, 0.2) is 114 Å². The molecule has 1 atom stereocenters. The molecule has 0 aliphatic heterocycles. The summed E-state index contributed by atoms with van der Waals surface area (Å²) in [5.41, 5.74) is 2.83. The van der Waals surface area contributed by atoms with Crippen molar-refractivity contribution < 1.29 is 22.4 Å². The lowest BCUT2D eigenvalue weighted by atomic mass is 9.94. The molecule has 0 aromatic heterocycles. The Hall–Kier alpha value is -4.50. The third-order valence-electron chi connectivity index (χ3n) is 8.38. The lowest BCUT2D eigenvalue weighted by molar-refractivity contribution is -0.140. The maximum Gasteiger partial charge on any atom is 0.264 e. The summed E-state index contributed by atoms with van der Waals surface area (Å²) in [7, 11) is -4.24. The molecule has 0 unspecified atom stereocenters. The van der Waals surface area contributed by atoms with Gasteiger partial charge in [0.15, 0.2) is 0 Å². The quantitative estimate of drug-likeness (QED) is 0.194. The lowest BCUT2D eigenvalue weighted by Crippen LogP contribution is -2.55. The molecule has 0 saturated heterocycles. The fourth-order valence-electron chi connectivity index (χ4n) is 5.96. The number of rotatable bonds is 12. The van der Waals surface area contributed by atoms with Crippen LogP contribution in [0.2, 0.25) is 0 Å². The maximum atomic E-state index is 14.6. The number of sulfonamides is 1. The zero-order valence-electron chi connectivity index (χ0n) is 26.0. The minimum atomic E-state index is -4.24. The number of carbonyl (C=O) groups excluding carboxylic acids is 2. The van der Waals surface area contributed by atoms with Crippen LogP contribution in [0.4, 0.5) is 10.1 Å². The van der Waals surface area contributed by atoms with Gasteiger partial charge in [-0.3, -0.25) is 13.9 Å². The first-order valence-electron chi connectivity index (χ1n) is 15.7. The highest BCUT2D eigenvalue weighted by molar-refractivity contribution is 7.92. The molecule has 5 rings (SSSR count). The molecular weight excluding hydrogens is 601 g/mol. The van der Waals surface area contributed by atoms with Crippen LogP contribution >= 0.6 is 0 Å². The summed E-state index contributed by atoms with van der Waals surface area (Å²) in [4.78, 5) is 30.2. The van der Waals surface area contributed by atoms with Gasteiger partial charge in [-0.2, -0.15) is 0 Å². The van der Waals surface area contributed by atoms with E-state index >= 15 is 0 Å². The molecule has 46 heavy (non-hydrogen) atoms. The van der Waals surface area contributed by atoms with Crippen molar-refractivity contribution in [1.29, 1.82) is 0 Å². The van der Waals surface area contributed by atoms with Gasteiger partial charge >= 0.3 is 0 Å². The first-order valence-corrected chi connectivity index (χ1v) is 17.2. The monoisotopic (exact) mass is 641 g/mol. The van der Waals surface area contributed by atoms with Crippen LogP contribution in [0.25, 0.3) is 0 Å². The molecule has 9 heteroatoms. The summed E-state index contributed by atoms with van der Waals surface area (Å²) < 4.78 is 43.0. The Labute approximate surface area is 271 Å². The summed E-state index contributed by atoms with van der Waals surface area (Å²) >= 11 is 0. The standard InChI is InChI=1S/C37H40FN3O4S/c1-28-12-11-15-30(24-28)26-40(35(25-29-13-5-2-6-14-29)37(43)39-32-16-7-3-8-17-32)36(42)27-41(33-22-20-31(38)21-23-33)46(44,45)34-18-9-4-10-19-34/h2,4-6,9-15,18-24,32,35H,3,7-8,16-17,25-27H2,1H3,(H,39,43)/t35-/m1/s1. The van der Waals surface area contributed by atoms with Gasteiger partial charge in [0.25, 0.3) is 10.0 Å². The fourth-order valence-corrected chi connectivity index (χ4v) is 7.40. The summed E-state index contributed by atoms with van der Waals surface area (Å²) in [6.45, 7) is 1.46. The smallest absolute Gasteiger partial charge is 0.264 e. The van der Waals surface area contributed by atoms with Gasteiger partial charge in [0.2, 0.25) is 11.8 Å². The van der Waals surface area contributed by atoms with E-state index in [1.165, 1.54) is 29.2 Å². The summed E-state index contributed by atoms with van der Waals surface area (Å²) in [5, 5.41) is 3.21. The van der Waals surface area contributed by atoms with Gasteiger partial charge in [-0.1, -0.05) is 97.6 Å². The van der Waals surface area contributed by atoms with Crippen molar-refractivity contribution in [1.82, 2.24) is 10.2 Å². The Kier molecular flexibility index (Phi) is 10.9. The number of halogens is 1. The Balaban J connectivity index is 1.55. The fraction of sp³-hybridized carbons (Fsp3) is 0.297. The molecule has 2 amide bonds. The Morgan fingerprint density at radius 3 is 2.11 bits per heavy atom. The van der Waals surface area contributed by atoms with E-state index in [0.717, 1.165) is 65.2 Å². The highest BCUT2D eigenvalue weighted by atomic mass is 32.2. The lowest BCUT2D eigenvalue weighted by Gasteiger charge is -2.35. The number of hydrogen-bond acceptors (Lipinski definition) is 4. The van der Waals surface area contributed by atoms with Gasteiger partial charge in [-0.05, 0) is 67.3 Å². The molecule has 0 radical (unpaired) electrons. The van der Waals surface area contributed by atoms with E-state index < -0.39 is 34.3 Å². The predicted octanol–water partition coefficient (Wildman–Crippen LogP) is 6.42. The van der Waals surface area contributed by atoms with E-state index in [1.54, 1.807) is 18.2 Å². The molecule has 0 bridgehead atoms. The first kappa shape index (κ1) is 32.9. The van der Waals surface area contributed by atoms with Gasteiger partial charge in [-0.15, -0.1) is 0 Å². The van der Waals surface area contributed by atoms with E-state index in [9.17, 15) is 22.4 Å². The van der Waals surface area contributed by atoms with Crippen molar-refractivity contribution in [2.24, 2.45) is 0 Å². The normalized spacial score (nSPS) is 14.3. The van der Waals surface area contributed by atoms with Crippen LogP contribution in [0.5, 0.6) is 0 Å². The highest BCUT2D eigenvalue weighted by Gasteiger charge is 2.35. The van der Waals surface area contributed by atoms with E-state index in [-0.39, 0.29) is 35.5 Å². The molecule has 1 aliphatic carbocycles. The SMILES string of the molecule is Cc1cccc(CN(C(=O)CN(c2ccc(F)cc2)S(=O)(=O)c2ccccc2)[C@H](Cc2ccccc2)C(=O)NC2CCCCC2)c1. The number of aryl methyl sites for hydroxylation is 1. The van der Waals surface area contributed by atoms with Gasteiger partial charge < -0.3 is 10.2 Å². The third-order valence-corrected chi connectivity index (χ3v) is 10.2. The van der Waals surface area contributed by atoms with Crippen molar-refractivity contribution in [3.63, 3.8) is 0 Å². The molecule has 1 fully saturated rings. The van der Waals surface area contributed by atoms with Crippen LogP contribution in [-0.2, 0) is 32.6 Å². The number of amides is 2.